The van der Waals surface area contributed by atoms with E-state index in [1.165, 1.54) is 0 Å². The van der Waals surface area contributed by atoms with Crippen LogP contribution in [0.4, 0.5) is 5.69 Å². The molecule has 70 valence electrons. The van der Waals surface area contributed by atoms with E-state index < -0.39 is 0 Å². The Labute approximate surface area is 81.6 Å². The molecule has 0 aliphatic carbocycles. The van der Waals surface area contributed by atoms with Gasteiger partial charge in [0.05, 0.1) is 5.88 Å². The fourth-order valence-electron chi connectivity index (χ4n) is 0.961. The monoisotopic (exact) mass is 199 g/mol. The smallest absolute Gasteiger partial charge is 0.149 e. The van der Waals surface area contributed by atoms with Crippen molar-refractivity contribution in [2.24, 2.45) is 5.18 Å². The number of ether oxygens (including phenoxy) is 1. The van der Waals surface area contributed by atoms with E-state index in [1.807, 2.05) is 13.0 Å². The zero-order valence-corrected chi connectivity index (χ0v) is 8.04. The van der Waals surface area contributed by atoms with Crippen LogP contribution in [-0.4, -0.2) is 12.5 Å². The Morgan fingerprint density at radius 1 is 1.54 bits per heavy atom. The summed E-state index contributed by atoms with van der Waals surface area (Å²) in [6.45, 7) is 2.30. The summed E-state index contributed by atoms with van der Waals surface area (Å²) in [6.07, 6.45) is 0. The fraction of sp³-hybridized carbons (Fsp3) is 0.333. The molecule has 4 heteroatoms. The van der Waals surface area contributed by atoms with Gasteiger partial charge in [0.2, 0.25) is 0 Å². The second-order valence-electron chi connectivity index (χ2n) is 2.60. The van der Waals surface area contributed by atoms with E-state index >= 15 is 0 Å². The van der Waals surface area contributed by atoms with Gasteiger partial charge in [-0.15, -0.1) is 16.5 Å². The molecule has 0 spiro atoms. The lowest BCUT2D eigenvalue weighted by Crippen LogP contribution is -1.98. The highest BCUT2D eigenvalue weighted by Gasteiger charge is 2.03. The van der Waals surface area contributed by atoms with E-state index in [1.54, 1.807) is 12.1 Å². The third-order valence-electron chi connectivity index (χ3n) is 1.55. The van der Waals surface area contributed by atoms with Gasteiger partial charge in [0, 0.05) is 0 Å². The number of hydrogen-bond donors (Lipinski definition) is 0. The van der Waals surface area contributed by atoms with Gasteiger partial charge in [0.15, 0.2) is 0 Å². The molecule has 0 fully saturated rings. The number of rotatable bonds is 4. The maximum atomic E-state index is 10.3. The first-order valence-corrected chi connectivity index (χ1v) is 4.44. The molecular formula is C9H10ClNO2. The SMILES string of the molecule is Cc1ccc(N=O)c(OCCCl)c1. The van der Waals surface area contributed by atoms with Crippen LogP contribution in [0.1, 0.15) is 5.56 Å². The standard InChI is InChI=1S/C9H10ClNO2/c1-7-2-3-8(11-12)9(6-7)13-5-4-10/h2-3,6H,4-5H2,1H3. The molecule has 0 aromatic heterocycles. The van der Waals surface area contributed by atoms with Gasteiger partial charge < -0.3 is 4.74 Å². The van der Waals surface area contributed by atoms with Crippen molar-refractivity contribution in [2.75, 3.05) is 12.5 Å². The predicted octanol–water partition coefficient (Wildman–Crippen LogP) is 3.01. The Morgan fingerprint density at radius 2 is 2.31 bits per heavy atom. The third-order valence-corrected chi connectivity index (χ3v) is 1.70. The van der Waals surface area contributed by atoms with Gasteiger partial charge in [-0.1, -0.05) is 6.07 Å². The molecule has 13 heavy (non-hydrogen) atoms. The molecule has 0 N–H and O–H groups in total. The average Bonchev–Trinajstić information content (AvgIpc) is 2.15. The van der Waals surface area contributed by atoms with Crippen LogP contribution in [0.5, 0.6) is 5.75 Å². The van der Waals surface area contributed by atoms with Crippen molar-refractivity contribution >= 4 is 17.3 Å². The van der Waals surface area contributed by atoms with Crippen LogP contribution in [0.2, 0.25) is 0 Å². The van der Waals surface area contributed by atoms with Crippen LogP contribution >= 0.6 is 11.6 Å². The number of nitroso groups, excluding NO2 is 1. The number of nitrogens with zero attached hydrogens (tertiary/aromatic N) is 1. The lowest BCUT2D eigenvalue weighted by Gasteiger charge is -2.05. The molecule has 0 heterocycles. The molecule has 3 nitrogen and oxygen atoms in total. The number of alkyl halides is 1. The summed E-state index contributed by atoms with van der Waals surface area (Å²) < 4.78 is 5.23. The van der Waals surface area contributed by atoms with Crippen molar-refractivity contribution in [1.82, 2.24) is 0 Å². The summed E-state index contributed by atoms with van der Waals surface area (Å²) in [5, 5.41) is 2.85. The second-order valence-corrected chi connectivity index (χ2v) is 2.98. The summed E-state index contributed by atoms with van der Waals surface area (Å²) in [4.78, 5) is 10.3. The third kappa shape index (κ3) is 2.70. The Hall–Kier alpha value is -1.09. The minimum Gasteiger partial charge on any atom is -0.490 e. The van der Waals surface area contributed by atoms with Gasteiger partial charge in [-0.3, -0.25) is 0 Å². The van der Waals surface area contributed by atoms with Gasteiger partial charge in [-0.2, -0.15) is 0 Å². The quantitative estimate of drug-likeness (QED) is 0.552. The normalized spacial score (nSPS) is 9.69. The minimum atomic E-state index is 0.315. The molecular weight excluding hydrogens is 190 g/mol. The zero-order valence-electron chi connectivity index (χ0n) is 7.29. The van der Waals surface area contributed by atoms with Crippen LogP contribution in [0, 0.1) is 11.8 Å². The van der Waals surface area contributed by atoms with E-state index in [0.717, 1.165) is 5.56 Å². The molecule has 1 aromatic carbocycles. The summed E-state index contributed by atoms with van der Waals surface area (Å²) in [5.74, 6) is 0.891. The van der Waals surface area contributed by atoms with Gasteiger partial charge in [0.25, 0.3) is 0 Å². The zero-order chi connectivity index (χ0) is 9.68. The van der Waals surface area contributed by atoms with Crippen LogP contribution in [0.25, 0.3) is 0 Å². The molecule has 0 saturated heterocycles. The molecule has 1 rings (SSSR count). The van der Waals surface area contributed by atoms with Crippen LogP contribution < -0.4 is 4.74 Å². The Bertz CT molecular complexity index is 302. The van der Waals surface area contributed by atoms with Gasteiger partial charge in [0.1, 0.15) is 18.0 Å². The van der Waals surface area contributed by atoms with E-state index in [0.29, 0.717) is 23.9 Å². The highest BCUT2D eigenvalue weighted by Crippen LogP contribution is 2.27. The first-order chi connectivity index (χ1) is 6.27. The molecule has 0 bridgehead atoms. The summed E-state index contributed by atoms with van der Waals surface area (Å²) in [6, 6.07) is 5.21. The van der Waals surface area contributed by atoms with Crippen LogP contribution in [-0.2, 0) is 0 Å². The van der Waals surface area contributed by atoms with Gasteiger partial charge >= 0.3 is 0 Å². The number of halogens is 1. The molecule has 0 radical (unpaired) electrons. The van der Waals surface area contributed by atoms with E-state index in [4.69, 9.17) is 16.3 Å². The topological polar surface area (TPSA) is 38.7 Å². The molecule has 0 aliphatic rings. The lowest BCUT2D eigenvalue weighted by atomic mass is 10.2. The van der Waals surface area contributed by atoms with E-state index in [-0.39, 0.29) is 0 Å². The molecule has 0 unspecified atom stereocenters. The molecule has 0 amide bonds. The fourth-order valence-corrected chi connectivity index (χ4v) is 1.04. The van der Waals surface area contributed by atoms with Crippen molar-refractivity contribution in [3.8, 4) is 5.75 Å². The van der Waals surface area contributed by atoms with E-state index in [2.05, 4.69) is 5.18 Å². The van der Waals surface area contributed by atoms with Crippen molar-refractivity contribution in [2.45, 2.75) is 6.92 Å². The molecule has 0 aliphatic heterocycles. The van der Waals surface area contributed by atoms with E-state index in [9.17, 15) is 4.91 Å². The van der Waals surface area contributed by atoms with Crippen molar-refractivity contribution in [3.05, 3.63) is 28.7 Å². The van der Waals surface area contributed by atoms with Gasteiger partial charge in [-0.05, 0) is 29.8 Å². The number of benzene rings is 1. The maximum absolute atomic E-state index is 10.3. The molecule has 1 aromatic rings. The largest absolute Gasteiger partial charge is 0.490 e. The Balaban J connectivity index is 2.87. The highest BCUT2D eigenvalue weighted by atomic mass is 35.5. The first kappa shape index (κ1) is 9.99. The van der Waals surface area contributed by atoms with Gasteiger partial charge in [-0.25, -0.2) is 0 Å². The summed E-state index contributed by atoms with van der Waals surface area (Å²) >= 11 is 5.45. The predicted molar refractivity (Wildman–Crippen MR) is 52.8 cm³/mol. The molecule has 0 saturated carbocycles. The van der Waals surface area contributed by atoms with Crippen molar-refractivity contribution in [3.63, 3.8) is 0 Å². The van der Waals surface area contributed by atoms with Crippen LogP contribution in [0.3, 0.4) is 0 Å². The summed E-state index contributed by atoms with van der Waals surface area (Å²) in [5.41, 5.74) is 1.34. The van der Waals surface area contributed by atoms with Crippen LogP contribution in [0.15, 0.2) is 23.4 Å². The molecule has 0 atom stereocenters. The van der Waals surface area contributed by atoms with Crippen molar-refractivity contribution < 1.29 is 4.74 Å². The summed E-state index contributed by atoms with van der Waals surface area (Å²) in [7, 11) is 0. The lowest BCUT2D eigenvalue weighted by molar-refractivity contribution is 0.344. The number of aryl methyl sites for hydroxylation is 1. The minimum absolute atomic E-state index is 0.315. The Morgan fingerprint density at radius 3 is 2.92 bits per heavy atom. The Kier molecular flexibility index (Phi) is 3.71. The first-order valence-electron chi connectivity index (χ1n) is 3.90. The van der Waals surface area contributed by atoms with Crippen molar-refractivity contribution in [1.29, 1.82) is 0 Å². The second kappa shape index (κ2) is 4.82. The number of hydrogen-bond acceptors (Lipinski definition) is 3. The average molecular weight is 200 g/mol. The maximum Gasteiger partial charge on any atom is 0.149 e. The highest BCUT2D eigenvalue weighted by molar-refractivity contribution is 6.18.